The lowest BCUT2D eigenvalue weighted by molar-refractivity contribution is 0.204. The van der Waals surface area contributed by atoms with Crippen molar-refractivity contribution >= 4 is 10.0 Å². The van der Waals surface area contributed by atoms with E-state index in [-0.39, 0.29) is 11.4 Å². The van der Waals surface area contributed by atoms with Gasteiger partial charge in [0.1, 0.15) is 4.90 Å². The first-order valence-electron chi connectivity index (χ1n) is 5.04. The summed E-state index contributed by atoms with van der Waals surface area (Å²) in [4.78, 5) is 0.227. The highest BCUT2D eigenvalue weighted by atomic mass is 32.2. The fourth-order valence-corrected chi connectivity index (χ4v) is 2.48. The van der Waals surface area contributed by atoms with Gasteiger partial charge in [-0.2, -0.15) is 5.10 Å². The van der Waals surface area contributed by atoms with E-state index in [1.165, 1.54) is 13.3 Å². The quantitative estimate of drug-likeness (QED) is 0.725. The molecule has 0 aliphatic carbocycles. The highest BCUT2D eigenvalue weighted by Crippen LogP contribution is 2.12. The molecule has 0 radical (unpaired) electrons. The Bertz CT molecular complexity index is 439. The van der Waals surface area contributed by atoms with Crippen LogP contribution in [-0.4, -0.2) is 38.5 Å². The van der Waals surface area contributed by atoms with Gasteiger partial charge in [-0.05, 0) is 13.8 Å². The van der Waals surface area contributed by atoms with Gasteiger partial charge in [-0.3, -0.25) is 4.68 Å². The number of hydrogen-bond acceptors (Lipinski definition) is 4. The molecule has 0 unspecified atom stereocenters. The van der Waals surface area contributed by atoms with Gasteiger partial charge < -0.3 is 4.74 Å². The molecule has 0 saturated carbocycles. The van der Waals surface area contributed by atoms with Crippen molar-refractivity contribution in [2.24, 2.45) is 0 Å². The molecule has 0 aromatic carbocycles. The summed E-state index contributed by atoms with van der Waals surface area (Å²) in [5, 5.41) is 4.09. The van der Waals surface area contributed by atoms with Gasteiger partial charge in [0, 0.05) is 26.4 Å². The minimum absolute atomic E-state index is 0.227. The van der Waals surface area contributed by atoms with E-state index in [0.717, 1.165) is 0 Å². The van der Waals surface area contributed by atoms with Gasteiger partial charge >= 0.3 is 0 Å². The van der Waals surface area contributed by atoms with Crippen LogP contribution in [0.2, 0.25) is 0 Å². The minimum atomic E-state index is -3.47. The second-order valence-electron chi connectivity index (χ2n) is 3.33. The van der Waals surface area contributed by atoms with E-state index in [1.807, 2.05) is 6.92 Å². The molecule has 0 fully saturated rings. The normalized spacial score (nSPS) is 11.9. The molecule has 0 atom stereocenters. The number of hydrogen-bond donors (Lipinski definition) is 1. The lowest BCUT2D eigenvalue weighted by Gasteiger charge is -2.04. The molecule has 1 rings (SSSR count). The number of aryl methyl sites for hydroxylation is 2. The molecule has 0 saturated heterocycles. The number of methoxy groups -OCH3 is 1. The standard InChI is InChI=1S/C9H17N3O3S/c1-4-12-7-9(8(2)11-12)16(13,14)10-5-6-15-3/h7,10H,4-6H2,1-3H3. The Hall–Kier alpha value is -0.920. The fourth-order valence-electron chi connectivity index (χ4n) is 1.28. The molecular formula is C9H17N3O3S. The summed E-state index contributed by atoms with van der Waals surface area (Å²) in [6, 6.07) is 0. The second kappa shape index (κ2) is 5.42. The van der Waals surface area contributed by atoms with Crippen LogP contribution in [0.1, 0.15) is 12.6 Å². The van der Waals surface area contributed by atoms with Gasteiger partial charge in [0.05, 0.1) is 12.3 Å². The molecule has 0 bridgehead atoms. The monoisotopic (exact) mass is 247 g/mol. The Morgan fingerprint density at radius 2 is 2.25 bits per heavy atom. The van der Waals surface area contributed by atoms with E-state index >= 15 is 0 Å². The minimum Gasteiger partial charge on any atom is -0.383 e. The number of rotatable bonds is 6. The molecule has 92 valence electrons. The zero-order valence-electron chi connectivity index (χ0n) is 9.73. The lowest BCUT2D eigenvalue weighted by atomic mass is 10.5. The largest absolute Gasteiger partial charge is 0.383 e. The summed E-state index contributed by atoms with van der Waals surface area (Å²) in [6.45, 7) is 4.84. The third-order valence-corrected chi connectivity index (χ3v) is 3.68. The molecule has 0 aliphatic rings. The first-order chi connectivity index (χ1) is 7.51. The highest BCUT2D eigenvalue weighted by molar-refractivity contribution is 7.89. The molecule has 7 heteroatoms. The molecule has 0 spiro atoms. The first-order valence-corrected chi connectivity index (χ1v) is 6.52. The summed E-state index contributed by atoms with van der Waals surface area (Å²) in [5.41, 5.74) is 0.506. The summed E-state index contributed by atoms with van der Waals surface area (Å²) >= 11 is 0. The molecular weight excluding hydrogens is 230 g/mol. The maximum Gasteiger partial charge on any atom is 0.244 e. The van der Waals surface area contributed by atoms with Gasteiger partial charge in [-0.25, -0.2) is 13.1 Å². The molecule has 1 heterocycles. The van der Waals surface area contributed by atoms with Crippen molar-refractivity contribution in [3.8, 4) is 0 Å². The molecule has 1 aromatic rings. The topological polar surface area (TPSA) is 73.2 Å². The van der Waals surface area contributed by atoms with Crippen LogP contribution in [-0.2, 0) is 21.3 Å². The van der Waals surface area contributed by atoms with Crippen LogP contribution in [0.15, 0.2) is 11.1 Å². The number of ether oxygens (including phenoxy) is 1. The number of nitrogens with one attached hydrogen (secondary N) is 1. The van der Waals surface area contributed by atoms with Crippen LogP contribution in [0.4, 0.5) is 0 Å². The summed E-state index contributed by atoms with van der Waals surface area (Å²) in [7, 11) is -1.94. The Kier molecular flexibility index (Phi) is 4.45. The lowest BCUT2D eigenvalue weighted by Crippen LogP contribution is -2.27. The van der Waals surface area contributed by atoms with Gasteiger partial charge in [0.15, 0.2) is 0 Å². The smallest absolute Gasteiger partial charge is 0.244 e. The average molecular weight is 247 g/mol. The van der Waals surface area contributed by atoms with Gasteiger partial charge in [0.2, 0.25) is 10.0 Å². The van der Waals surface area contributed by atoms with E-state index in [0.29, 0.717) is 18.8 Å². The Morgan fingerprint density at radius 3 is 2.75 bits per heavy atom. The zero-order valence-corrected chi connectivity index (χ0v) is 10.5. The maximum absolute atomic E-state index is 11.8. The number of aromatic nitrogens is 2. The van der Waals surface area contributed by atoms with Crippen molar-refractivity contribution in [1.29, 1.82) is 0 Å². The van der Waals surface area contributed by atoms with Crippen LogP contribution in [0, 0.1) is 6.92 Å². The van der Waals surface area contributed by atoms with E-state index in [4.69, 9.17) is 4.74 Å². The van der Waals surface area contributed by atoms with Crippen LogP contribution in [0.5, 0.6) is 0 Å². The first kappa shape index (κ1) is 13.1. The average Bonchev–Trinajstić information content (AvgIpc) is 2.60. The van der Waals surface area contributed by atoms with Crippen LogP contribution in [0.25, 0.3) is 0 Å². The Balaban J connectivity index is 2.85. The Labute approximate surface area is 95.7 Å². The van der Waals surface area contributed by atoms with Gasteiger partial charge in [-0.1, -0.05) is 0 Å². The van der Waals surface area contributed by atoms with Crippen molar-refractivity contribution in [2.45, 2.75) is 25.3 Å². The molecule has 16 heavy (non-hydrogen) atoms. The van der Waals surface area contributed by atoms with Crippen LogP contribution >= 0.6 is 0 Å². The van der Waals surface area contributed by atoms with Gasteiger partial charge in [-0.15, -0.1) is 0 Å². The molecule has 1 N–H and O–H groups in total. The molecule has 0 amide bonds. The van der Waals surface area contributed by atoms with E-state index in [2.05, 4.69) is 9.82 Å². The third-order valence-electron chi connectivity index (χ3n) is 2.11. The maximum atomic E-state index is 11.8. The fraction of sp³-hybridized carbons (Fsp3) is 0.667. The van der Waals surface area contributed by atoms with Crippen LogP contribution in [0.3, 0.4) is 0 Å². The van der Waals surface area contributed by atoms with E-state index in [1.54, 1.807) is 11.6 Å². The van der Waals surface area contributed by atoms with Crippen molar-refractivity contribution in [3.05, 3.63) is 11.9 Å². The molecule has 6 nitrogen and oxygen atoms in total. The van der Waals surface area contributed by atoms with Crippen molar-refractivity contribution in [1.82, 2.24) is 14.5 Å². The van der Waals surface area contributed by atoms with Crippen molar-refractivity contribution in [3.63, 3.8) is 0 Å². The summed E-state index contributed by atoms with van der Waals surface area (Å²) in [5.74, 6) is 0. The molecule has 0 aliphatic heterocycles. The zero-order chi connectivity index (χ0) is 12.2. The van der Waals surface area contributed by atoms with E-state index < -0.39 is 10.0 Å². The number of sulfonamides is 1. The van der Waals surface area contributed by atoms with E-state index in [9.17, 15) is 8.42 Å². The second-order valence-corrected chi connectivity index (χ2v) is 5.06. The Morgan fingerprint density at radius 1 is 1.56 bits per heavy atom. The van der Waals surface area contributed by atoms with Crippen LogP contribution < -0.4 is 4.72 Å². The summed E-state index contributed by atoms with van der Waals surface area (Å²) in [6.07, 6.45) is 1.53. The van der Waals surface area contributed by atoms with Crippen molar-refractivity contribution < 1.29 is 13.2 Å². The SMILES string of the molecule is CCn1cc(S(=O)(=O)NCCOC)c(C)n1. The predicted octanol–water partition coefficient (Wildman–Crippen LogP) is 0.136. The van der Waals surface area contributed by atoms with Crippen molar-refractivity contribution in [2.75, 3.05) is 20.3 Å². The molecule has 1 aromatic heterocycles. The number of nitrogens with zero attached hydrogens (tertiary/aromatic N) is 2. The highest BCUT2D eigenvalue weighted by Gasteiger charge is 2.19. The van der Waals surface area contributed by atoms with Gasteiger partial charge in [0.25, 0.3) is 0 Å². The third kappa shape index (κ3) is 3.03. The summed E-state index contributed by atoms with van der Waals surface area (Å²) < 4.78 is 32.5. The predicted molar refractivity (Wildman–Crippen MR) is 59.7 cm³/mol.